The van der Waals surface area contributed by atoms with Crippen LogP contribution in [0.15, 0.2) is 6.07 Å². The molecule has 0 aromatic carbocycles. The summed E-state index contributed by atoms with van der Waals surface area (Å²) in [6, 6.07) is 1.90. The van der Waals surface area contributed by atoms with Gasteiger partial charge in [-0.15, -0.1) is 0 Å². The summed E-state index contributed by atoms with van der Waals surface area (Å²) >= 11 is 0. The monoisotopic (exact) mass is 238 g/mol. The zero-order valence-corrected chi connectivity index (χ0v) is 10.6. The van der Waals surface area contributed by atoms with Crippen molar-refractivity contribution in [2.75, 3.05) is 14.2 Å². The highest BCUT2D eigenvalue weighted by Gasteiger charge is 2.16. The van der Waals surface area contributed by atoms with Gasteiger partial charge in [-0.05, 0) is 25.0 Å². The van der Waals surface area contributed by atoms with Gasteiger partial charge < -0.3 is 15.2 Å². The van der Waals surface area contributed by atoms with Crippen LogP contribution in [0, 0.1) is 13.8 Å². The average Bonchev–Trinajstić information content (AvgIpc) is 2.29. The van der Waals surface area contributed by atoms with Crippen LogP contribution < -0.4 is 5.73 Å². The lowest BCUT2D eigenvalue weighted by Gasteiger charge is -2.15. The molecule has 5 heteroatoms. The third-order valence-electron chi connectivity index (χ3n) is 2.69. The number of rotatable bonds is 5. The Morgan fingerprint density at radius 1 is 1.41 bits per heavy atom. The summed E-state index contributed by atoms with van der Waals surface area (Å²) in [5.41, 5.74) is 8.15. The number of ether oxygens (including phenoxy) is 2. The summed E-state index contributed by atoms with van der Waals surface area (Å²) in [6.07, 6.45) is 0.0383. The van der Waals surface area contributed by atoms with Crippen molar-refractivity contribution < 1.29 is 14.3 Å². The summed E-state index contributed by atoms with van der Waals surface area (Å²) in [6.45, 7) is 3.78. The first-order valence-electron chi connectivity index (χ1n) is 5.32. The maximum atomic E-state index is 11.3. The highest BCUT2D eigenvalue weighted by Crippen LogP contribution is 2.15. The quantitative estimate of drug-likeness (QED) is 0.775. The van der Waals surface area contributed by atoms with Crippen LogP contribution in [0.3, 0.4) is 0 Å². The van der Waals surface area contributed by atoms with Crippen molar-refractivity contribution in [3.05, 3.63) is 28.6 Å². The van der Waals surface area contributed by atoms with Crippen molar-refractivity contribution in [1.82, 2.24) is 4.98 Å². The molecule has 5 nitrogen and oxygen atoms in total. The molecule has 94 valence electrons. The van der Waals surface area contributed by atoms with Crippen molar-refractivity contribution in [3.8, 4) is 0 Å². The number of carbonyl (C=O) groups is 1. The lowest BCUT2D eigenvalue weighted by atomic mass is 10.1. The molecule has 0 atom stereocenters. The van der Waals surface area contributed by atoms with E-state index in [2.05, 4.69) is 4.98 Å². The number of aromatic nitrogens is 1. The second-order valence-corrected chi connectivity index (χ2v) is 3.87. The van der Waals surface area contributed by atoms with Gasteiger partial charge in [0.25, 0.3) is 5.91 Å². The zero-order valence-electron chi connectivity index (χ0n) is 10.6. The van der Waals surface area contributed by atoms with Crippen LogP contribution in [0.25, 0.3) is 0 Å². The van der Waals surface area contributed by atoms with Gasteiger partial charge in [-0.2, -0.15) is 0 Å². The Labute approximate surface area is 101 Å². The molecule has 0 aliphatic carbocycles. The van der Waals surface area contributed by atoms with Crippen LogP contribution in [-0.2, 0) is 15.9 Å². The van der Waals surface area contributed by atoms with Gasteiger partial charge in [-0.25, -0.2) is 4.98 Å². The van der Waals surface area contributed by atoms with Crippen molar-refractivity contribution in [3.63, 3.8) is 0 Å². The summed E-state index contributed by atoms with van der Waals surface area (Å²) in [7, 11) is 3.10. The number of hydrogen-bond donors (Lipinski definition) is 1. The third kappa shape index (κ3) is 3.25. The Morgan fingerprint density at radius 3 is 2.47 bits per heavy atom. The molecule has 0 aliphatic rings. The van der Waals surface area contributed by atoms with E-state index < -0.39 is 12.2 Å². The highest BCUT2D eigenvalue weighted by molar-refractivity contribution is 5.92. The molecule has 0 radical (unpaired) electrons. The predicted octanol–water partition coefficient (Wildman–Crippen LogP) is 0.959. The second kappa shape index (κ2) is 5.75. The molecule has 0 aliphatic heterocycles. The number of aryl methyl sites for hydroxylation is 2. The van der Waals surface area contributed by atoms with E-state index in [9.17, 15) is 4.79 Å². The molecule has 0 bridgehead atoms. The molecule has 1 rings (SSSR count). The smallest absolute Gasteiger partial charge is 0.267 e. The number of primary amides is 1. The van der Waals surface area contributed by atoms with E-state index in [0.29, 0.717) is 6.42 Å². The number of amides is 1. The van der Waals surface area contributed by atoms with E-state index in [1.807, 2.05) is 19.9 Å². The zero-order chi connectivity index (χ0) is 13.0. The Kier molecular flexibility index (Phi) is 4.60. The van der Waals surface area contributed by atoms with E-state index in [1.165, 1.54) is 0 Å². The number of nitrogens with two attached hydrogens (primary N) is 1. The van der Waals surface area contributed by atoms with Gasteiger partial charge in [0, 0.05) is 26.3 Å². The molecular weight excluding hydrogens is 220 g/mol. The summed E-state index contributed by atoms with van der Waals surface area (Å²) < 4.78 is 10.2. The minimum atomic E-state index is -0.533. The molecule has 0 unspecified atom stereocenters. The van der Waals surface area contributed by atoms with E-state index in [-0.39, 0.29) is 5.69 Å². The molecule has 0 saturated carbocycles. The van der Waals surface area contributed by atoms with E-state index in [0.717, 1.165) is 16.8 Å². The lowest BCUT2D eigenvalue weighted by Crippen LogP contribution is -2.22. The molecule has 1 aromatic rings. The molecule has 1 heterocycles. The van der Waals surface area contributed by atoms with Gasteiger partial charge in [0.05, 0.1) is 0 Å². The molecule has 0 fully saturated rings. The first-order valence-corrected chi connectivity index (χ1v) is 5.32. The van der Waals surface area contributed by atoms with Crippen LogP contribution in [0.2, 0.25) is 0 Å². The van der Waals surface area contributed by atoms with Crippen LogP contribution >= 0.6 is 0 Å². The van der Waals surface area contributed by atoms with Crippen LogP contribution in [0.1, 0.15) is 27.3 Å². The van der Waals surface area contributed by atoms with Crippen molar-refractivity contribution >= 4 is 5.91 Å². The van der Waals surface area contributed by atoms with Crippen LogP contribution in [0.5, 0.6) is 0 Å². The van der Waals surface area contributed by atoms with Crippen LogP contribution in [0.4, 0.5) is 0 Å². The molecule has 0 saturated heterocycles. The van der Waals surface area contributed by atoms with Crippen molar-refractivity contribution in [2.24, 2.45) is 5.73 Å². The maximum Gasteiger partial charge on any atom is 0.267 e. The van der Waals surface area contributed by atoms with Gasteiger partial charge in [0.15, 0.2) is 6.29 Å². The molecule has 1 aromatic heterocycles. The summed E-state index contributed by atoms with van der Waals surface area (Å²) in [5, 5.41) is 0. The molecular formula is C12H18N2O3. The maximum absolute atomic E-state index is 11.3. The molecule has 2 N–H and O–H groups in total. The number of carbonyl (C=O) groups excluding carboxylic acids is 1. The fourth-order valence-corrected chi connectivity index (χ4v) is 1.57. The molecule has 1 amide bonds. The van der Waals surface area contributed by atoms with Gasteiger partial charge in [0.1, 0.15) is 5.69 Å². The Balaban J connectivity index is 3.12. The topological polar surface area (TPSA) is 74.4 Å². The standard InChI is InChI=1S/C12H18N2O3/c1-7-5-9(6-10(16-3)17-4)11(12(13)15)14-8(7)2/h5,10H,6H2,1-4H3,(H2,13,15). The second-order valence-electron chi connectivity index (χ2n) is 3.87. The van der Waals surface area contributed by atoms with Gasteiger partial charge in [-0.3, -0.25) is 4.79 Å². The van der Waals surface area contributed by atoms with E-state index in [4.69, 9.17) is 15.2 Å². The van der Waals surface area contributed by atoms with Gasteiger partial charge in [0.2, 0.25) is 0 Å². The van der Waals surface area contributed by atoms with Crippen LogP contribution in [-0.4, -0.2) is 31.4 Å². The number of hydrogen-bond acceptors (Lipinski definition) is 4. The minimum Gasteiger partial charge on any atom is -0.364 e. The van der Waals surface area contributed by atoms with Crippen molar-refractivity contribution in [2.45, 2.75) is 26.6 Å². The number of methoxy groups -OCH3 is 2. The number of pyridine rings is 1. The molecule has 17 heavy (non-hydrogen) atoms. The normalized spacial score (nSPS) is 10.9. The fourth-order valence-electron chi connectivity index (χ4n) is 1.57. The Bertz CT molecular complexity index is 414. The predicted molar refractivity (Wildman–Crippen MR) is 63.7 cm³/mol. The average molecular weight is 238 g/mol. The number of nitrogens with zero attached hydrogens (tertiary/aromatic N) is 1. The Morgan fingerprint density at radius 2 is 2.00 bits per heavy atom. The van der Waals surface area contributed by atoms with Crippen molar-refractivity contribution in [1.29, 1.82) is 0 Å². The minimum absolute atomic E-state index is 0.284. The first-order chi connectivity index (χ1) is 7.99. The highest BCUT2D eigenvalue weighted by atomic mass is 16.7. The third-order valence-corrected chi connectivity index (χ3v) is 2.69. The largest absolute Gasteiger partial charge is 0.364 e. The Hall–Kier alpha value is -1.46. The van der Waals surface area contributed by atoms with E-state index >= 15 is 0 Å². The summed E-state index contributed by atoms with van der Waals surface area (Å²) in [5.74, 6) is -0.533. The van der Waals surface area contributed by atoms with E-state index in [1.54, 1.807) is 14.2 Å². The fraction of sp³-hybridized carbons (Fsp3) is 0.500. The van der Waals surface area contributed by atoms with Gasteiger partial charge in [-0.1, -0.05) is 6.07 Å². The SMILES string of the molecule is COC(Cc1cc(C)c(C)nc1C(N)=O)OC. The molecule has 0 spiro atoms. The van der Waals surface area contributed by atoms with Gasteiger partial charge >= 0.3 is 0 Å². The first kappa shape index (κ1) is 13.6. The summed E-state index contributed by atoms with van der Waals surface area (Å²) in [4.78, 5) is 15.5. The lowest BCUT2D eigenvalue weighted by molar-refractivity contribution is -0.100.